The van der Waals surface area contributed by atoms with Crippen molar-refractivity contribution in [2.45, 2.75) is 127 Å². The molecular weight excluding hydrogens is 552 g/mol. The van der Waals surface area contributed by atoms with Crippen molar-refractivity contribution in [3.63, 3.8) is 0 Å². The lowest BCUT2D eigenvalue weighted by Gasteiger charge is -2.31. The van der Waals surface area contributed by atoms with Crippen molar-refractivity contribution in [3.8, 4) is 0 Å². The van der Waals surface area contributed by atoms with E-state index in [1.807, 2.05) is 6.20 Å². The number of methoxy groups -OCH3 is 1. The van der Waals surface area contributed by atoms with E-state index in [1.54, 1.807) is 11.3 Å². The Morgan fingerprint density at radius 2 is 1.57 bits per heavy atom. The number of aromatic nitrogens is 1. The molecule has 2 atom stereocenters. The van der Waals surface area contributed by atoms with Gasteiger partial charge in [0, 0.05) is 17.1 Å². The number of hydrogen-bond acceptors (Lipinski definition) is 7. The summed E-state index contributed by atoms with van der Waals surface area (Å²) >= 11 is 1.69. The van der Waals surface area contributed by atoms with Gasteiger partial charge < -0.3 is 15.4 Å². The quantitative estimate of drug-likeness (QED) is 0.250. The van der Waals surface area contributed by atoms with Crippen LogP contribution in [0.4, 0.5) is 4.79 Å². The van der Waals surface area contributed by atoms with Crippen LogP contribution in [0, 0.1) is 11.8 Å². The predicted octanol–water partition coefficient (Wildman–Crippen LogP) is 5.38. The lowest BCUT2D eigenvalue weighted by atomic mass is 9.82. The first-order valence-corrected chi connectivity index (χ1v) is 17.3. The van der Waals surface area contributed by atoms with Gasteiger partial charge in [0.25, 0.3) is 0 Å². The van der Waals surface area contributed by atoms with Crippen LogP contribution in [-0.2, 0) is 19.8 Å². The normalized spacial score (nSPS) is 24.6. The zero-order chi connectivity index (χ0) is 28.5. The third-order valence-electron chi connectivity index (χ3n) is 8.98. The summed E-state index contributed by atoms with van der Waals surface area (Å²) in [4.78, 5) is 31.9. The topological polar surface area (TPSA) is 147 Å². The van der Waals surface area contributed by atoms with Gasteiger partial charge in [-0.05, 0) is 69.1 Å². The molecule has 40 heavy (non-hydrogen) atoms. The van der Waals surface area contributed by atoms with Gasteiger partial charge in [0.2, 0.25) is 5.91 Å². The number of nitrogens with zero attached hydrogens (tertiary/aromatic N) is 1. The Balaban J connectivity index is 1.47. The summed E-state index contributed by atoms with van der Waals surface area (Å²) in [6, 6.07) is -1.24. The van der Waals surface area contributed by atoms with Gasteiger partial charge in [0.1, 0.15) is 11.0 Å². The number of carbonyl (C=O) groups excluding carboxylic acids is 2. The van der Waals surface area contributed by atoms with E-state index in [2.05, 4.69) is 15.4 Å². The van der Waals surface area contributed by atoms with E-state index in [0.29, 0.717) is 37.5 Å². The first-order chi connectivity index (χ1) is 19.2. The number of nitrogens with one attached hydrogen (secondary N) is 3. The number of alkyl carbamates (subject to hydrolysis) is 1. The Kier molecular flexibility index (Phi) is 11.6. The van der Waals surface area contributed by atoms with E-state index < -0.39 is 22.4 Å². The smallest absolute Gasteiger partial charge is 0.407 e. The minimum Gasteiger partial charge on any atom is -0.453 e. The van der Waals surface area contributed by atoms with Gasteiger partial charge in [-0.25, -0.2) is 9.78 Å². The monoisotopic (exact) mass is 598 g/mol. The lowest BCUT2D eigenvalue weighted by Crippen LogP contribution is -2.49. The summed E-state index contributed by atoms with van der Waals surface area (Å²) in [6.07, 6.45) is 17.2. The van der Waals surface area contributed by atoms with Crippen LogP contribution in [0.25, 0.3) is 0 Å². The van der Waals surface area contributed by atoms with Crippen molar-refractivity contribution in [1.82, 2.24) is 20.3 Å². The fraction of sp³-hybridized carbons (Fsp3) is 0.821. The average molecular weight is 599 g/mol. The minimum absolute atomic E-state index is 0.211. The van der Waals surface area contributed by atoms with E-state index in [4.69, 9.17) is 14.3 Å². The molecule has 0 spiro atoms. The second-order valence-electron chi connectivity index (χ2n) is 12.0. The molecule has 12 heteroatoms. The van der Waals surface area contributed by atoms with Crippen molar-refractivity contribution in [2.24, 2.45) is 11.8 Å². The zero-order valence-corrected chi connectivity index (χ0v) is 25.2. The minimum atomic E-state index is -4.23. The number of rotatable bonds is 11. The fourth-order valence-electron chi connectivity index (χ4n) is 6.78. The van der Waals surface area contributed by atoms with E-state index in [9.17, 15) is 18.0 Å². The number of ether oxygens (including phenoxy) is 1. The van der Waals surface area contributed by atoms with Crippen molar-refractivity contribution in [2.75, 3.05) is 7.11 Å². The molecule has 0 aliphatic heterocycles. The molecule has 226 valence electrons. The second-order valence-corrected chi connectivity index (χ2v) is 14.3. The van der Waals surface area contributed by atoms with Crippen LogP contribution in [0.1, 0.15) is 125 Å². The molecule has 2 unspecified atom stereocenters. The van der Waals surface area contributed by atoms with Gasteiger partial charge in [-0.3, -0.25) is 9.35 Å². The van der Waals surface area contributed by atoms with Gasteiger partial charge in [-0.1, -0.05) is 51.4 Å². The third-order valence-corrected chi connectivity index (χ3v) is 10.9. The summed E-state index contributed by atoms with van der Waals surface area (Å²) in [5.41, 5.74) is 0. The number of hydrogen-bond donors (Lipinski definition) is 4. The van der Waals surface area contributed by atoms with Crippen LogP contribution in [0.3, 0.4) is 0 Å². The zero-order valence-electron chi connectivity index (χ0n) is 23.6. The molecule has 3 fully saturated rings. The Morgan fingerprint density at radius 1 is 0.950 bits per heavy atom. The highest BCUT2D eigenvalue weighted by molar-refractivity contribution is 7.83. The summed E-state index contributed by atoms with van der Waals surface area (Å²) in [6.45, 7) is 0. The summed E-state index contributed by atoms with van der Waals surface area (Å²) in [5.74, 6) is 0.982. The third kappa shape index (κ3) is 9.66. The highest BCUT2D eigenvalue weighted by atomic mass is 32.2. The molecule has 1 aromatic rings. The largest absolute Gasteiger partial charge is 0.453 e. The average Bonchev–Trinajstić information content (AvgIpc) is 3.44. The van der Waals surface area contributed by atoms with Crippen LogP contribution in [0.2, 0.25) is 0 Å². The van der Waals surface area contributed by atoms with Gasteiger partial charge >= 0.3 is 16.4 Å². The molecule has 0 bridgehead atoms. The summed E-state index contributed by atoms with van der Waals surface area (Å²) < 4.78 is 38.8. The Hall–Kier alpha value is -1.76. The number of carbonyl (C=O) groups is 2. The SMILES string of the molecule is COC(=O)NC(CC1CCCCC1)C(=O)NC(CC1CCC(NS(=O)(=O)O)CC1)c1ncc(C2CCCCC2)s1. The van der Waals surface area contributed by atoms with E-state index in [1.165, 1.54) is 50.5 Å². The molecule has 3 aliphatic rings. The molecule has 3 aliphatic carbocycles. The molecule has 2 amide bonds. The Morgan fingerprint density at radius 3 is 2.20 bits per heavy atom. The van der Waals surface area contributed by atoms with Crippen LogP contribution in [0.5, 0.6) is 0 Å². The van der Waals surface area contributed by atoms with Crippen molar-refractivity contribution in [3.05, 3.63) is 16.1 Å². The Bertz CT molecular complexity index is 1060. The van der Waals surface area contributed by atoms with Gasteiger partial charge in [0.15, 0.2) is 0 Å². The van der Waals surface area contributed by atoms with E-state index >= 15 is 0 Å². The Labute approximate surface area is 242 Å². The second kappa shape index (κ2) is 14.9. The van der Waals surface area contributed by atoms with Crippen molar-refractivity contribution in [1.29, 1.82) is 0 Å². The predicted molar refractivity (Wildman–Crippen MR) is 154 cm³/mol. The standard InChI is InChI=1S/C28H46N4O6S2/c1-38-28(34)31-23(16-19-8-4-2-5-9-19)26(33)30-24(17-20-12-14-22(15-13-20)32-40(35,36)37)27-29-18-25(39-27)21-10-6-3-7-11-21/h18-24,32H,2-17H2,1H3,(H,30,33)(H,31,34)(H,35,36,37). The first-order valence-electron chi connectivity index (χ1n) is 15.1. The van der Waals surface area contributed by atoms with Crippen LogP contribution < -0.4 is 15.4 Å². The lowest BCUT2D eigenvalue weighted by molar-refractivity contribution is -0.124. The molecule has 1 heterocycles. The number of thiazole rings is 1. The maximum atomic E-state index is 13.7. The highest BCUT2D eigenvalue weighted by Gasteiger charge is 2.32. The molecular formula is C28H46N4O6S2. The number of amides is 2. The van der Waals surface area contributed by atoms with Crippen molar-refractivity contribution < 1.29 is 27.3 Å². The van der Waals surface area contributed by atoms with Crippen LogP contribution >= 0.6 is 11.3 Å². The molecule has 4 rings (SSSR count). The molecule has 0 aromatic carbocycles. The van der Waals surface area contributed by atoms with E-state index in [0.717, 1.165) is 43.5 Å². The van der Waals surface area contributed by atoms with Crippen LogP contribution in [0.15, 0.2) is 6.20 Å². The summed E-state index contributed by atoms with van der Waals surface area (Å²) in [5, 5.41) is 6.92. The highest BCUT2D eigenvalue weighted by Crippen LogP contribution is 2.39. The van der Waals surface area contributed by atoms with E-state index in [-0.39, 0.29) is 23.9 Å². The maximum absolute atomic E-state index is 13.7. The van der Waals surface area contributed by atoms with Gasteiger partial charge in [-0.2, -0.15) is 13.1 Å². The molecule has 0 saturated heterocycles. The van der Waals surface area contributed by atoms with Gasteiger partial charge in [0.05, 0.1) is 13.2 Å². The summed E-state index contributed by atoms with van der Waals surface area (Å²) in [7, 11) is -2.92. The molecule has 10 nitrogen and oxygen atoms in total. The van der Waals surface area contributed by atoms with Gasteiger partial charge in [-0.15, -0.1) is 11.3 Å². The fourth-order valence-corrected chi connectivity index (χ4v) is 8.59. The molecule has 0 radical (unpaired) electrons. The van der Waals surface area contributed by atoms with Crippen LogP contribution in [-0.4, -0.2) is 49.1 Å². The molecule has 1 aromatic heterocycles. The first kappa shape index (κ1) is 31.2. The van der Waals surface area contributed by atoms with Crippen molar-refractivity contribution >= 4 is 33.6 Å². The maximum Gasteiger partial charge on any atom is 0.407 e. The molecule has 4 N–H and O–H groups in total. The molecule has 3 saturated carbocycles.